The summed E-state index contributed by atoms with van der Waals surface area (Å²) in [6.07, 6.45) is 4.05. The molecule has 7 nitrogen and oxygen atoms in total. The fraction of sp³-hybridized carbons (Fsp3) is 0.545. The molecule has 0 spiro atoms. The molecule has 2 atom stereocenters. The summed E-state index contributed by atoms with van der Waals surface area (Å²) in [5, 5.41) is 5.16. The summed E-state index contributed by atoms with van der Waals surface area (Å²) in [7, 11) is 0. The number of nitrogens with two attached hydrogens (primary N) is 1. The second-order valence-corrected chi connectivity index (χ2v) is 4.13. The highest BCUT2D eigenvalue weighted by Crippen LogP contribution is 2.07. The second kappa shape index (κ2) is 6.63. The zero-order valence-electron chi connectivity index (χ0n) is 10.6. The van der Waals surface area contributed by atoms with Crippen molar-refractivity contribution in [2.24, 2.45) is 11.7 Å². The lowest BCUT2D eigenvalue weighted by Gasteiger charge is -2.22. The number of aromatic nitrogens is 2. The lowest BCUT2D eigenvalue weighted by atomic mass is 9.98. The first-order valence-electron chi connectivity index (χ1n) is 5.86. The third-order valence-corrected chi connectivity index (χ3v) is 2.78. The van der Waals surface area contributed by atoms with E-state index in [-0.39, 0.29) is 11.8 Å². The topological polar surface area (TPSA) is 113 Å². The fourth-order valence-electron chi connectivity index (χ4n) is 1.53. The van der Waals surface area contributed by atoms with Crippen molar-refractivity contribution in [3.05, 3.63) is 18.2 Å². The minimum Gasteiger partial charge on any atom is -0.352 e. The van der Waals surface area contributed by atoms with Crippen molar-refractivity contribution in [3.63, 3.8) is 0 Å². The van der Waals surface area contributed by atoms with E-state index in [2.05, 4.69) is 20.6 Å². The van der Waals surface area contributed by atoms with Crippen LogP contribution in [0, 0.1) is 5.92 Å². The van der Waals surface area contributed by atoms with Gasteiger partial charge in [0, 0.05) is 12.4 Å². The first-order chi connectivity index (χ1) is 8.54. The van der Waals surface area contributed by atoms with Gasteiger partial charge in [0.2, 0.25) is 5.91 Å². The van der Waals surface area contributed by atoms with E-state index in [0.717, 1.165) is 6.42 Å². The van der Waals surface area contributed by atoms with Gasteiger partial charge in [-0.3, -0.25) is 4.79 Å². The van der Waals surface area contributed by atoms with Crippen LogP contribution in [0.1, 0.15) is 26.1 Å². The van der Waals surface area contributed by atoms with Gasteiger partial charge >= 0.3 is 6.03 Å². The van der Waals surface area contributed by atoms with E-state index >= 15 is 0 Å². The summed E-state index contributed by atoms with van der Waals surface area (Å²) in [6, 6.07) is -1.32. The molecule has 1 aromatic heterocycles. The maximum atomic E-state index is 12.0. The minimum absolute atomic E-state index is 0.00843. The molecule has 0 saturated carbocycles. The third kappa shape index (κ3) is 4.08. The molecule has 1 rings (SSSR count). The van der Waals surface area contributed by atoms with Gasteiger partial charge in [0.25, 0.3) is 0 Å². The Bertz CT molecular complexity index is 390. The van der Waals surface area contributed by atoms with Crippen molar-refractivity contribution in [1.29, 1.82) is 0 Å². The van der Waals surface area contributed by atoms with Gasteiger partial charge in [-0.05, 0) is 5.92 Å². The number of primary amides is 1. The lowest BCUT2D eigenvalue weighted by Crippen LogP contribution is -2.51. The van der Waals surface area contributed by atoms with Gasteiger partial charge < -0.3 is 21.4 Å². The predicted molar refractivity (Wildman–Crippen MR) is 66.4 cm³/mol. The zero-order valence-corrected chi connectivity index (χ0v) is 10.6. The summed E-state index contributed by atoms with van der Waals surface area (Å²) in [4.78, 5) is 29.7. The van der Waals surface area contributed by atoms with Gasteiger partial charge in [-0.25, -0.2) is 9.78 Å². The van der Waals surface area contributed by atoms with Crippen LogP contribution < -0.4 is 16.4 Å². The van der Waals surface area contributed by atoms with Crippen LogP contribution in [0.25, 0.3) is 0 Å². The van der Waals surface area contributed by atoms with Crippen molar-refractivity contribution >= 4 is 11.9 Å². The van der Waals surface area contributed by atoms with Gasteiger partial charge in [0.15, 0.2) is 0 Å². The molecule has 0 saturated heterocycles. The van der Waals surface area contributed by atoms with Crippen LogP contribution >= 0.6 is 0 Å². The molecule has 1 aromatic rings. The molecule has 0 fully saturated rings. The highest BCUT2D eigenvalue weighted by Gasteiger charge is 2.24. The number of urea groups is 1. The Morgan fingerprint density at radius 3 is 2.78 bits per heavy atom. The second-order valence-electron chi connectivity index (χ2n) is 4.13. The third-order valence-electron chi connectivity index (χ3n) is 2.78. The van der Waals surface area contributed by atoms with E-state index in [0.29, 0.717) is 12.4 Å². The van der Waals surface area contributed by atoms with Crippen molar-refractivity contribution in [2.45, 2.75) is 32.9 Å². The van der Waals surface area contributed by atoms with Crippen LogP contribution in [0.2, 0.25) is 0 Å². The molecule has 100 valence electrons. The molecule has 7 heteroatoms. The number of carbonyl (C=O) groups is 2. The van der Waals surface area contributed by atoms with Gasteiger partial charge in [-0.1, -0.05) is 20.3 Å². The van der Waals surface area contributed by atoms with E-state index in [9.17, 15) is 9.59 Å². The predicted octanol–water partition coefficient (Wildman–Crippen LogP) is 0.109. The molecule has 2 unspecified atom stereocenters. The Kier molecular flexibility index (Phi) is 5.16. The van der Waals surface area contributed by atoms with E-state index in [1.807, 2.05) is 13.8 Å². The lowest BCUT2D eigenvalue weighted by molar-refractivity contribution is -0.124. The molecule has 18 heavy (non-hydrogen) atoms. The molecule has 3 amide bonds. The fourth-order valence-corrected chi connectivity index (χ4v) is 1.53. The Morgan fingerprint density at radius 1 is 1.56 bits per heavy atom. The molecule has 0 aliphatic rings. The SMILES string of the molecule is CCC(C)C(NC(N)=O)C(=O)NCc1ncc[nH]1. The molecule has 0 radical (unpaired) electrons. The van der Waals surface area contributed by atoms with Crippen molar-refractivity contribution in [2.75, 3.05) is 0 Å². The van der Waals surface area contributed by atoms with Crippen molar-refractivity contribution in [1.82, 2.24) is 20.6 Å². The minimum atomic E-state index is -0.701. The van der Waals surface area contributed by atoms with Gasteiger partial charge in [0.1, 0.15) is 11.9 Å². The molecule has 1 heterocycles. The normalized spacial score (nSPS) is 13.7. The van der Waals surface area contributed by atoms with E-state index in [4.69, 9.17) is 5.73 Å². The van der Waals surface area contributed by atoms with E-state index in [1.54, 1.807) is 12.4 Å². The number of hydrogen-bond acceptors (Lipinski definition) is 3. The summed E-state index contributed by atoms with van der Waals surface area (Å²) in [6.45, 7) is 4.12. The van der Waals surface area contributed by atoms with E-state index in [1.165, 1.54) is 0 Å². The number of carbonyl (C=O) groups excluding carboxylic acids is 2. The molecule has 0 bridgehead atoms. The van der Waals surface area contributed by atoms with Crippen LogP contribution in [-0.4, -0.2) is 27.9 Å². The number of nitrogens with zero attached hydrogens (tertiary/aromatic N) is 1. The largest absolute Gasteiger partial charge is 0.352 e. The summed E-state index contributed by atoms with van der Waals surface area (Å²) in [5.41, 5.74) is 5.07. The first-order valence-corrected chi connectivity index (χ1v) is 5.86. The number of nitrogens with one attached hydrogen (secondary N) is 3. The molecular weight excluding hydrogens is 234 g/mol. The summed E-state index contributed by atoms with van der Waals surface area (Å²) >= 11 is 0. The molecule has 5 N–H and O–H groups in total. The average molecular weight is 253 g/mol. The average Bonchev–Trinajstić information content (AvgIpc) is 2.85. The van der Waals surface area contributed by atoms with Gasteiger partial charge in [-0.15, -0.1) is 0 Å². The molecule has 0 aromatic carbocycles. The summed E-state index contributed by atoms with van der Waals surface area (Å²) < 4.78 is 0. The number of hydrogen-bond donors (Lipinski definition) is 4. The van der Waals surface area contributed by atoms with Crippen molar-refractivity contribution in [3.8, 4) is 0 Å². The maximum Gasteiger partial charge on any atom is 0.312 e. The molecule has 0 aliphatic heterocycles. The smallest absolute Gasteiger partial charge is 0.312 e. The van der Waals surface area contributed by atoms with Gasteiger partial charge in [0.05, 0.1) is 6.54 Å². The Morgan fingerprint density at radius 2 is 2.28 bits per heavy atom. The van der Waals surface area contributed by atoms with Crippen LogP contribution in [0.5, 0.6) is 0 Å². The number of H-pyrrole nitrogens is 1. The van der Waals surface area contributed by atoms with Crippen molar-refractivity contribution < 1.29 is 9.59 Å². The maximum absolute atomic E-state index is 12.0. The van der Waals surface area contributed by atoms with Crippen LogP contribution in [0.4, 0.5) is 4.79 Å². The Balaban J connectivity index is 2.55. The van der Waals surface area contributed by atoms with Crippen LogP contribution in [0.3, 0.4) is 0 Å². The van der Waals surface area contributed by atoms with Crippen LogP contribution in [0.15, 0.2) is 12.4 Å². The number of amides is 3. The number of rotatable bonds is 6. The highest BCUT2D eigenvalue weighted by atomic mass is 16.2. The highest BCUT2D eigenvalue weighted by molar-refractivity contribution is 5.86. The molecule has 0 aliphatic carbocycles. The number of aromatic amines is 1. The Hall–Kier alpha value is -2.05. The van der Waals surface area contributed by atoms with Gasteiger partial charge in [-0.2, -0.15) is 0 Å². The Labute approximate surface area is 106 Å². The molecular formula is C11H19N5O2. The monoisotopic (exact) mass is 253 g/mol. The quantitative estimate of drug-likeness (QED) is 0.577. The number of imidazole rings is 1. The van der Waals surface area contributed by atoms with E-state index < -0.39 is 12.1 Å². The van der Waals surface area contributed by atoms with Crippen LogP contribution in [-0.2, 0) is 11.3 Å². The zero-order chi connectivity index (χ0) is 13.5. The standard InChI is InChI=1S/C11H19N5O2/c1-3-7(2)9(16-11(12)18)10(17)15-6-8-13-4-5-14-8/h4-5,7,9H,3,6H2,1-2H3,(H,13,14)(H,15,17)(H3,12,16,18). The first kappa shape index (κ1) is 14.0. The summed E-state index contributed by atoms with van der Waals surface area (Å²) in [5.74, 6) is 0.402.